The fraction of sp³-hybridized carbons (Fsp3) is 0.400. The van der Waals surface area contributed by atoms with Crippen molar-refractivity contribution in [2.45, 2.75) is 38.4 Å². The van der Waals surface area contributed by atoms with Crippen LogP contribution < -0.4 is 5.32 Å². The van der Waals surface area contributed by atoms with Crippen molar-refractivity contribution in [1.82, 2.24) is 5.32 Å². The van der Waals surface area contributed by atoms with Crippen molar-refractivity contribution in [2.75, 3.05) is 19.8 Å². The van der Waals surface area contributed by atoms with Gasteiger partial charge in [0.15, 0.2) is 5.76 Å². The summed E-state index contributed by atoms with van der Waals surface area (Å²) in [6, 6.07) is 16.2. The Bertz CT molecular complexity index is 854. The average molecular weight is 428 g/mol. The van der Waals surface area contributed by atoms with Crippen molar-refractivity contribution in [2.24, 2.45) is 5.92 Å². The number of benzene rings is 2. The van der Waals surface area contributed by atoms with E-state index in [1.807, 2.05) is 37.3 Å². The highest BCUT2D eigenvalue weighted by atomic mass is 19.1. The van der Waals surface area contributed by atoms with Gasteiger partial charge in [0.1, 0.15) is 5.82 Å². The van der Waals surface area contributed by atoms with Crippen molar-refractivity contribution < 1.29 is 23.8 Å². The largest absolute Gasteiger partial charge is 0.459 e. The Hall–Kier alpha value is -2.70. The lowest BCUT2D eigenvalue weighted by Crippen LogP contribution is -2.39. The van der Waals surface area contributed by atoms with Gasteiger partial charge in [-0.1, -0.05) is 42.5 Å². The van der Waals surface area contributed by atoms with Gasteiger partial charge in [-0.2, -0.15) is 0 Å². The molecular formula is C25H30FNO4. The molecule has 1 aliphatic rings. The number of hydrogen-bond donors (Lipinski definition) is 2. The number of hydrogen-bond acceptors (Lipinski definition) is 4. The van der Waals surface area contributed by atoms with E-state index in [0.29, 0.717) is 26.0 Å². The number of rotatable bonds is 10. The molecule has 2 aromatic rings. The molecule has 2 N–H and O–H groups in total. The van der Waals surface area contributed by atoms with Crippen LogP contribution in [0.15, 0.2) is 66.4 Å². The maximum Gasteiger partial charge on any atom is 0.286 e. The SMILES string of the molecule is CCO[C@@H]1OC(C(=O)NCCc2ccccc2)=C[C@H](c2ccc(F)cc2)[C@@H]1CCCO. The molecule has 0 spiro atoms. The standard InChI is InChI=1S/C25H30FNO4/c1-2-30-25-21(9-6-16-28)22(19-10-12-20(26)13-11-19)17-23(31-25)24(29)27-15-14-18-7-4-3-5-8-18/h3-5,7-8,10-13,17,21-22,25,28H,2,6,9,14-16H2,1H3,(H,27,29)/t21-,22+,25+/m0/s1. The van der Waals surface area contributed by atoms with E-state index >= 15 is 0 Å². The zero-order valence-corrected chi connectivity index (χ0v) is 17.8. The summed E-state index contributed by atoms with van der Waals surface area (Å²) in [6.07, 6.45) is 3.13. The first-order valence-corrected chi connectivity index (χ1v) is 10.8. The van der Waals surface area contributed by atoms with Crippen LogP contribution in [0.25, 0.3) is 0 Å². The van der Waals surface area contributed by atoms with E-state index in [9.17, 15) is 14.3 Å². The van der Waals surface area contributed by atoms with Crippen LogP contribution in [-0.4, -0.2) is 37.1 Å². The predicted molar refractivity (Wildman–Crippen MR) is 117 cm³/mol. The normalized spacial score (nSPS) is 20.6. The monoisotopic (exact) mass is 427 g/mol. The third-order valence-corrected chi connectivity index (χ3v) is 5.43. The topological polar surface area (TPSA) is 67.8 Å². The van der Waals surface area contributed by atoms with Gasteiger partial charge < -0.3 is 19.9 Å². The third-order valence-electron chi connectivity index (χ3n) is 5.43. The highest BCUT2D eigenvalue weighted by Gasteiger charge is 2.37. The molecule has 0 radical (unpaired) electrons. The number of halogens is 1. The highest BCUT2D eigenvalue weighted by Crippen LogP contribution is 2.39. The molecule has 0 aromatic heterocycles. The minimum absolute atomic E-state index is 0.0576. The molecule has 31 heavy (non-hydrogen) atoms. The fourth-order valence-electron chi connectivity index (χ4n) is 3.88. The summed E-state index contributed by atoms with van der Waals surface area (Å²) in [5.74, 6) is -0.688. The third kappa shape index (κ3) is 6.39. The first-order valence-electron chi connectivity index (χ1n) is 10.8. The van der Waals surface area contributed by atoms with Crippen LogP contribution >= 0.6 is 0 Å². The van der Waals surface area contributed by atoms with Crippen LogP contribution in [0.2, 0.25) is 0 Å². The molecule has 2 aromatic carbocycles. The van der Waals surface area contributed by atoms with Gasteiger partial charge in [0.2, 0.25) is 6.29 Å². The minimum atomic E-state index is -0.619. The van der Waals surface area contributed by atoms with Crippen LogP contribution in [0, 0.1) is 11.7 Å². The molecule has 1 heterocycles. The van der Waals surface area contributed by atoms with E-state index in [4.69, 9.17) is 9.47 Å². The molecule has 0 fully saturated rings. The van der Waals surface area contributed by atoms with Crippen molar-refractivity contribution in [1.29, 1.82) is 0 Å². The quantitative estimate of drug-likeness (QED) is 0.603. The highest BCUT2D eigenvalue weighted by molar-refractivity contribution is 5.91. The van der Waals surface area contributed by atoms with E-state index < -0.39 is 6.29 Å². The Labute approximate surface area is 182 Å². The number of aliphatic hydroxyl groups is 1. The fourth-order valence-corrected chi connectivity index (χ4v) is 3.88. The summed E-state index contributed by atoms with van der Waals surface area (Å²) in [5.41, 5.74) is 2.02. The number of carbonyl (C=O) groups is 1. The number of amides is 1. The molecule has 6 heteroatoms. The molecular weight excluding hydrogens is 397 g/mol. The molecule has 0 unspecified atom stereocenters. The molecule has 0 saturated heterocycles. The Morgan fingerprint density at radius 3 is 2.58 bits per heavy atom. The van der Waals surface area contributed by atoms with Crippen LogP contribution in [0.5, 0.6) is 0 Å². The number of allylic oxidation sites excluding steroid dienone is 1. The van der Waals surface area contributed by atoms with E-state index in [2.05, 4.69) is 5.32 Å². The van der Waals surface area contributed by atoms with Gasteiger partial charge in [-0.3, -0.25) is 4.79 Å². The second kappa shape index (κ2) is 11.6. The molecule has 0 saturated carbocycles. The Morgan fingerprint density at radius 2 is 1.90 bits per heavy atom. The molecule has 5 nitrogen and oxygen atoms in total. The van der Waals surface area contributed by atoms with Gasteiger partial charge in [-0.05, 0) is 55.5 Å². The maximum absolute atomic E-state index is 13.5. The first kappa shape index (κ1) is 23.0. The summed E-state index contributed by atoms with van der Waals surface area (Å²) >= 11 is 0. The van der Waals surface area contributed by atoms with Crippen LogP contribution in [0.3, 0.4) is 0 Å². The van der Waals surface area contributed by atoms with E-state index in [1.54, 1.807) is 18.2 Å². The number of nitrogens with one attached hydrogen (secondary N) is 1. The van der Waals surface area contributed by atoms with Gasteiger partial charge in [-0.15, -0.1) is 0 Å². The van der Waals surface area contributed by atoms with Gasteiger partial charge >= 0.3 is 0 Å². The number of aliphatic hydroxyl groups excluding tert-OH is 1. The lowest BCUT2D eigenvalue weighted by atomic mass is 9.80. The summed E-state index contributed by atoms with van der Waals surface area (Å²) < 4.78 is 25.2. The minimum Gasteiger partial charge on any atom is -0.459 e. The second-order valence-electron chi connectivity index (χ2n) is 7.57. The molecule has 1 amide bonds. The van der Waals surface area contributed by atoms with Crippen molar-refractivity contribution in [3.8, 4) is 0 Å². The van der Waals surface area contributed by atoms with Crippen molar-refractivity contribution >= 4 is 5.91 Å². The first-order chi connectivity index (χ1) is 15.1. The van der Waals surface area contributed by atoms with E-state index in [1.165, 1.54) is 12.1 Å². The Kier molecular flexibility index (Phi) is 8.62. The lowest BCUT2D eigenvalue weighted by Gasteiger charge is -2.37. The maximum atomic E-state index is 13.5. The van der Waals surface area contributed by atoms with Crippen molar-refractivity contribution in [3.63, 3.8) is 0 Å². The average Bonchev–Trinajstić information content (AvgIpc) is 2.79. The Morgan fingerprint density at radius 1 is 1.16 bits per heavy atom. The number of ether oxygens (including phenoxy) is 2. The van der Waals surface area contributed by atoms with Gasteiger partial charge in [0, 0.05) is 31.6 Å². The molecule has 166 valence electrons. The Balaban J connectivity index is 1.78. The second-order valence-corrected chi connectivity index (χ2v) is 7.57. The van der Waals surface area contributed by atoms with Crippen LogP contribution in [0.4, 0.5) is 4.39 Å². The van der Waals surface area contributed by atoms with E-state index in [0.717, 1.165) is 17.5 Å². The van der Waals surface area contributed by atoms with Crippen LogP contribution in [0.1, 0.15) is 36.8 Å². The summed E-state index contributed by atoms with van der Waals surface area (Å²) in [6.45, 7) is 2.84. The van der Waals surface area contributed by atoms with Gasteiger partial charge in [-0.25, -0.2) is 4.39 Å². The molecule has 0 aliphatic carbocycles. The molecule has 3 atom stereocenters. The van der Waals surface area contributed by atoms with Gasteiger partial charge in [0.05, 0.1) is 0 Å². The van der Waals surface area contributed by atoms with Gasteiger partial charge in [0.25, 0.3) is 5.91 Å². The molecule has 3 rings (SSSR count). The summed E-state index contributed by atoms with van der Waals surface area (Å²) in [7, 11) is 0. The summed E-state index contributed by atoms with van der Waals surface area (Å²) in [5, 5.41) is 12.2. The van der Waals surface area contributed by atoms with E-state index in [-0.39, 0.29) is 35.9 Å². The predicted octanol–water partition coefficient (Wildman–Crippen LogP) is 3.93. The smallest absolute Gasteiger partial charge is 0.286 e. The molecule has 1 aliphatic heterocycles. The van der Waals surface area contributed by atoms with Crippen molar-refractivity contribution in [3.05, 3.63) is 83.4 Å². The zero-order valence-electron chi connectivity index (χ0n) is 17.8. The molecule has 0 bridgehead atoms. The van der Waals surface area contributed by atoms with Crippen LogP contribution in [-0.2, 0) is 20.7 Å². The summed E-state index contributed by atoms with van der Waals surface area (Å²) in [4.78, 5) is 12.8. The zero-order chi connectivity index (χ0) is 22.1. The lowest BCUT2D eigenvalue weighted by molar-refractivity contribution is -0.166. The number of carbonyl (C=O) groups excluding carboxylic acids is 1.